The fourth-order valence-electron chi connectivity index (χ4n) is 0.542. The number of carbonyl (C=O) groups excluding carboxylic acids is 2. The second kappa shape index (κ2) is 5.18. The van der Waals surface area contributed by atoms with E-state index in [0.717, 1.165) is 6.29 Å². The summed E-state index contributed by atoms with van der Waals surface area (Å²) in [5.74, 6) is -0.00329. The van der Waals surface area contributed by atoms with Crippen LogP contribution in [0.2, 0.25) is 0 Å². The molecule has 4 heteroatoms. The Kier molecular flexibility index (Phi) is 4.94. The lowest BCUT2D eigenvalue weighted by Crippen LogP contribution is -2.25. The lowest BCUT2D eigenvalue weighted by Gasteiger charge is -2.12. The Bertz CT molecular complexity index is 147. The molecule has 1 amide bonds. The summed E-state index contributed by atoms with van der Waals surface area (Å²) in [6.07, 6.45) is 2.94. The van der Waals surface area contributed by atoms with Gasteiger partial charge in [0.25, 0.3) is 0 Å². The number of nitrogens with zero attached hydrogens (tertiary/aromatic N) is 1. The molecule has 0 heterocycles. The number of rotatable bonds is 4. The minimum atomic E-state index is -0.190. The van der Waals surface area contributed by atoms with Crippen molar-refractivity contribution in [2.24, 2.45) is 0 Å². The highest BCUT2D eigenvalue weighted by molar-refractivity contribution is 7.99. The summed E-state index contributed by atoms with van der Waals surface area (Å²) in [6.45, 7) is 0. The van der Waals surface area contributed by atoms with Gasteiger partial charge in [-0.2, -0.15) is 11.8 Å². The Morgan fingerprint density at radius 3 is 2.45 bits per heavy atom. The van der Waals surface area contributed by atoms with Gasteiger partial charge in [0, 0.05) is 20.5 Å². The Hall–Kier alpha value is -0.510. The summed E-state index contributed by atoms with van der Waals surface area (Å²) in [6, 6.07) is 0. The first-order valence-electron chi connectivity index (χ1n) is 3.30. The SMILES string of the molecule is CSC(C=O)CC(=O)N(C)C. The molecule has 0 fully saturated rings. The molecule has 64 valence electrons. The Morgan fingerprint density at radius 1 is 1.64 bits per heavy atom. The molecule has 0 aliphatic heterocycles. The van der Waals surface area contributed by atoms with Crippen LogP contribution in [0.3, 0.4) is 0 Å². The van der Waals surface area contributed by atoms with Gasteiger partial charge in [0.05, 0.1) is 5.25 Å². The van der Waals surface area contributed by atoms with Crippen LogP contribution in [0, 0.1) is 0 Å². The Labute approximate surface area is 71.1 Å². The van der Waals surface area contributed by atoms with Crippen LogP contribution < -0.4 is 0 Å². The monoisotopic (exact) mass is 175 g/mol. The molecule has 3 nitrogen and oxygen atoms in total. The van der Waals surface area contributed by atoms with Gasteiger partial charge in [-0.15, -0.1) is 0 Å². The van der Waals surface area contributed by atoms with Gasteiger partial charge in [-0.1, -0.05) is 0 Å². The zero-order chi connectivity index (χ0) is 8.85. The molecule has 11 heavy (non-hydrogen) atoms. The smallest absolute Gasteiger partial charge is 0.223 e. The van der Waals surface area contributed by atoms with Gasteiger partial charge in [-0.25, -0.2) is 0 Å². The average molecular weight is 175 g/mol. The first-order valence-corrected chi connectivity index (χ1v) is 4.58. The quantitative estimate of drug-likeness (QED) is 0.580. The number of carbonyl (C=O) groups is 2. The summed E-state index contributed by atoms with van der Waals surface area (Å²) >= 11 is 1.40. The third kappa shape index (κ3) is 4.03. The maximum Gasteiger partial charge on any atom is 0.223 e. The predicted molar refractivity (Wildman–Crippen MR) is 46.7 cm³/mol. The molecule has 0 N–H and O–H groups in total. The minimum absolute atomic E-state index is 0.00329. The van der Waals surface area contributed by atoms with Crippen LogP contribution in [0.25, 0.3) is 0 Å². The van der Waals surface area contributed by atoms with E-state index in [1.807, 2.05) is 6.26 Å². The molecular formula is C7H13NO2S. The van der Waals surface area contributed by atoms with E-state index in [1.165, 1.54) is 16.7 Å². The highest BCUT2D eigenvalue weighted by atomic mass is 32.2. The van der Waals surface area contributed by atoms with Crippen molar-refractivity contribution in [1.29, 1.82) is 0 Å². The second-order valence-corrected chi connectivity index (χ2v) is 3.48. The third-order valence-corrected chi connectivity index (χ3v) is 2.21. The predicted octanol–water partition coefficient (Wildman–Crippen LogP) is 0.395. The molecule has 1 atom stereocenters. The number of thioether (sulfide) groups is 1. The molecule has 0 spiro atoms. The molecule has 0 aromatic rings. The normalized spacial score (nSPS) is 12.3. The molecule has 0 rings (SSSR count). The molecule has 0 aliphatic rings. The van der Waals surface area contributed by atoms with Crippen LogP contribution >= 0.6 is 11.8 Å². The van der Waals surface area contributed by atoms with E-state index in [1.54, 1.807) is 14.1 Å². The summed E-state index contributed by atoms with van der Waals surface area (Å²) in [4.78, 5) is 22.8. The van der Waals surface area contributed by atoms with Crippen molar-refractivity contribution in [3.63, 3.8) is 0 Å². The van der Waals surface area contributed by atoms with E-state index >= 15 is 0 Å². The van der Waals surface area contributed by atoms with Crippen LogP contribution in [-0.4, -0.2) is 42.7 Å². The van der Waals surface area contributed by atoms with Crippen molar-refractivity contribution < 1.29 is 9.59 Å². The minimum Gasteiger partial charge on any atom is -0.349 e. The highest BCUT2D eigenvalue weighted by Crippen LogP contribution is 2.08. The van der Waals surface area contributed by atoms with Gasteiger partial charge in [0.2, 0.25) is 5.91 Å². The fourth-order valence-corrected chi connectivity index (χ4v) is 0.962. The van der Waals surface area contributed by atoms with E-state index in [2.05, 4.69) is 0 Å². The topological polar surface area (TPSA) is 37.4 Å². The molecule has 0 bridgehead atoms. The van der Waals surface area contributed by atoms with Gasteiger partial charge in [-0.3, -0.25) is 4.79 Å². The summed E-state index contributed by atoms with van der Waals surface area (Å²) in [5.41, 5.74) is 0. The largest absolute Gasteiger partial charge is 0.349 e. The van der Waals surface area contributed by atoms with E-state index in [-0.39, 0.29) is 11.2 Å². The average Bonchev–Trinajstić information content (AvgIpc) is 1.99. The lowest BCUT2D eigenvalue weighted by atomic mass is 10.3. The van der Waals surface area contributed by atoms with Crippen molar-refractivity contribution >= 4 is 24.0 Å². The van der Waals surface area contributed by atoms with Crippen molar-refractivity contribution in [3.05, 3.63) is 0 Å². The third-order valence-electron chi connectivity index (χ3n) is 1.33. The van der Waals surface area contributed by atoms with Gasteiger partial charge in [-0.05, 0) is 6.26 Å². The number of amides is 1. The Balaban J connectivity index is 3.81. The second-order valence-electron chi connectivity index (χ2n) is 2.40. The highest BCUT2D eigenvalue weighted by Gasteiger charge is 2.12. The van der Waals surface area contributed by atoms with Crippen LogP contribution in [0.1, 0.15) is 6.42 Å². The first kappa shape index (κ1) is 10.5. The van der Waals surface area contributed by atoms with E-state index in [0.29, 0.717) is 6.42 Å². The van der Waals surface area contributed by atoms with Gasteiger partial charge in [0.15, 0.2) is 0 Å². The molecule has 0 saturated carbocycles. The van der Waals surface area contributed by atoms with Crippen LogP contribution in [0.5, 0.6) is 0 Å². The van der Waals surface area contributed by atoms with Crippen molar-refractivity contribution in [3.8, 4) is 0 Å². The zero-order valence-electron chi connectivity index (χ0n) is 7.03. The van der Waals surface area contributed by atoms with Crippen molar-refractivity contribution in [1.82, 2.24) is 4.90 Å². The molecule has 0 saturated heterocycles. The standard InChI is InChI=1S/C7H13NO2S/c1-8(2)7(10)4-6(5-9)11-3/h5-6H,4H2,1-3H3. The zero-order valence-corrected chi connectivity index (χ0v) is 7.85. The molecule has 0 radical (unpaired) electrons. The molecule has 1 unspecified atom stereocenters. The van der Waals surface area contributed by atoms with Crippen LogP contribution in [-0.2, 0) is 9.59 Å². The van der Waals surface area contributed by atoms with E-state index < -0.39 is 0 Å². The molecule has 0 aromatic carbocycles. The molecule has 0 aromatic heterocycles. The van der Waals surface area contributed by atoms with Gasteiger partial charge in [0.1, 0.15) is 6.29 Å². The molecular weight excluding hydrogens is 162 g/mol. The van der Waals surface area contributed by atoms with E-state index in [9.17, 15) is 9.59 Å². The summed E-state index contributed by atoms with van der Waals surface area (Å²) < 4.78 is 0. The van der Waals surface area contributed by atoms with Crippen molar-refractivity contribution in [2.45, 2.75) is 11.7 Å². The van der Waals surface area contributed by atoms with Crippen LogP contribution in [0.4, 0.5) is 0 Å². The number of hydrogen-bond donors (Lipinski definition) is 0. The molecule has 0 aliphatic carbocycles. The Morgan fingerprint density at radius 2 is 2.18 bits per heavy atom. The van der Waals surface area contributed by atoms with Gasteiger partial charge < -0.3 is 9.69 Å². The first-order chi connectivity index (χ1) is 5.11. The van der Waals surface area contributed by atoms with Crippen molar-refractivity contribution in [2.75, 3.05) is 20.4 Å². The number of aldehydes is 1. The maximum absolute atomic E-state index is 11.0. The number of hydrogen-bond acceptors (Lipinski definition) is 3. The lowest BCUT2D eigenvalue weighted by molar-refractivity contribution is -0.129. The summed E-state index contributed by atoms with van der Waals surface area (Å²) in [5, 5.41) is -0.190. The van der Waals surface area contributed by atoms with Gasteiger partial charge >= 0.3 is 0 Å². The van der Waals surface area contributed by atoms with E-state index in [4.69, 9.17) is 0 Å². The summed E-state index contributed by atoms with van der Waals surface area (Å²) in [7, 11) is 3.37. The maximum atomic E-state index is 11.0. The fraction of sp³-hybridized carbons (Fsp3) is 0.714. The van der Waals surface area contributed by atoms with Crippen LogP contribution in [0.15, 0.2) is 0 Å².